The van der Waals surface area contributed by atoms with Crippen LogP contribution in [0.4, 0.5) is 10.1 Å². The number of hydrogen-bond donors (Lipinski definition) is 2. The Hall–Kier alpha value is -2.90. The third-order valence-electron chi connectivity index (χ3n) is 3.75. The first-order valence-electron chi connectivity index (χ1n) is 7.17. The van der Waals surface area contributed by atoms with Gasteiger partial charge in [-0.25, -0.2) is 9.18 Å². The molecule has 1 fully saturated rings. The third kappa shape index (κ3) is 3.15. The summed E-state index contributed by atoms with van der Waals surface area (Å²) in [6.45, 7) is 1.70. The van der Waals surface area contributed by atoms with E-state index in [9.17, 15) is 18.8 Å². The molecule has 2 aromatic rings. The van der Waals surface area contributed by atoms with Gasteiger partial charge in [0.25, 0.3) is 11.5 Å². The molecule has 1 aromatic heterocycles. The van der Waals surface area contributed by atoms with Crippen LogP contribution in [0.5, 0.6) is 0 Å². The highest BCUT2D eigenvalue weighted by Gasteiger charge is 2.24. The number of aromatic nitrogens is 2. The second-order valence-corrected chi connectivity index (χ2v) is 5.23. The molecule has 2 heterocycles. The summed E-state index contributed by atoms with van der Waals surface area (Å²) in [5.41, 5.74) is -0.879. The molecule has 1 amide bonds. The summed E-state index contributed by atoms with van der Waals surface area (Å²) in [7, 11) is 0. The number of piperazine rings is 1. The van der Waals surface area contributed by atoms with Gasteiger partial charge in [-0.05, 0) is 12.1 Å². The third-order valence-corrected chi connectivity index (χ3v) is 3.75. The zero-order valence-electron chi connectivity index (χ0n) is 12.2. The molecule has 3 rings (SSSR count). The summed E-state index contributed by atoms with van der Waals surface area (Å²) in [5.74, 6) is -0.715. The fourth-order valence-corrected chi connectivity index (χ4v) is 2.61. The van der Waals surface area contributed by atoms with Crippen LogP contribution in [0.2, 0.25) is 0 Å². The van der Waals surface area contributed by atoms with Gasteiger partial charge in [0.1, 0.15) is 11.5 Å². The number of halogens is 1. The maximum Gasteiger partial charge on any atom is 0.326 e. The molecule has 1 saturated heterocycles. The molecule has 0 bridgehead atoms. The molecule has 120 valence electrons. The zero-order chi connectivity index (χ0) is 16.4. The van der Waals surface area contributed by atoms with E-state index < -0.39 is 17.2 Å². The maximum absolute atomic E-state index is 13.8. The average Bonchev–Trinajstić information content (AvgIpc) is 2.54. The van der Waals surface area contributed by atoms with Crippen molar-refractivity contribution < 1.29 is 9.18 Å². The quantitative estimate of drug-likeness (QED) is 0.826. The van der Waals surface area contributed by atoms with E-state index in [0.29, 0.717) is 31.9 Å². The molecule has 1 aliphatic rings. The predicted molar refractivity (Wildman–Crippen MR) is 82.2 cm³/mol. The minimum atomic E-state index is -0.717. The number of H-pyrrole nitrogens is 2. The van der Waals surface area contributed by atoms with Crippen LogP contribution in [-0.2, 0) is 0 Å². The van der Waals surface area contributed by atoms with Crippen LogP contribution in [0.1, 0.15) is 10.5 Å². The van der Waals surface area contributed by atoms with Gasteiger partial charge >= 0.3 is 5.69 Å². The van der Waals surface area contributed by atoms with Crippen LogP contribution >= 0.6 is 0 Å². The molecule has 7 nitrogen and oxygen atoms in total. The summed E-state index contributed by atoms with van der Waals surface area (Å²) in [6, 6.07) is 7.54. The predicted octanol–water partition coefficient (Wildman–Crippen LogP) is 0.165. The van der Waals surface area contributed by atoms with E-state index in [0.717, 1.165) is 6.07 Å². The number of amides is 1. The second-order valence-electron chi connectivity index (χ2n) is 5.23. The smallest absolute Gasteiger partial charge is 0.326 e. The second kappa shape index (κ2) is 6.07. The highest BCUT2D eigenvalue weighted by molar-refractivity contribution is 5.92. The van der Waals surface area contributed by atoms with Gasteiger partial charge in [0.15, 0.2) is 0 Å². The highest BCUT2D eigenvalue weighted by Crippen LogP contribution is 2.20. The summed E-state index contributed by atoms with van der Waals surface area (Å²) in [4.78, 5) is 42.6. The van der Waals surface area contributed by atoms with E-state index in [4.69, 9.17) is 0 Å². The van der Waals surface area contributed by atoms with E-state index in [-0.39, 0.29) is 11.5 Å². The molecular weight excluding hydrogens is 303 g/mol. The van der Waals surface area contributed by atoms with Crippen molar-refractivity contribution in [3.63, 3.8) is 0 Å². The number of carbonyl (C=O) groups excluding carboxylic acids is 1. The van der Waals surface area contributed by atoms with Crippen LogP contribution in [0, 0.1) is 5.82 Å². The van der Waals surface area contributed by atoms with Crippen molar-refractivity contribution in [2.45, 2.75) is 0 Å². The van der Waals surface area contributed by atoms with Gasteiger partial charge in [-0.15, -0.1) is 0 Å². The van der Waals surface area contributed by atoms with Crippen LogP contribution in [0.3, 0.4) is 0 Å². The largest absolute Gasteiger partial charge is 0.366 e. The van der Waals surface area contributed by atoms with Gasteiger partial charge in [-0.3, -0.25) is 14.6 Å². The molecule has 0 aliphatic carbocycles. The van der Waals surface area contributed by atoms with E-state index in [1.807, 2.05) is 9.88 Å². The summed E-state index contributed by atoms with van der Waals surface area (Å²) >= 11 is 0. The number of nitrogens with zero attached hydrogens (tertiary/aromatic N) is 2. The molecule has 1 aliphatic heterocycles. The van der Waals surface area contributed by atoms with E-state index >= 15 is 0 Å². The molecule has 0 radical (unpaired) electrons. The minimum Gasteiger partial charge on any atom is -0.366 e. The standard InChI is InChI=1S/C15H15FN4O3/c16-10-3-1-2-4-12(10)19-5-7-20(8-6-19)14(22)11-9-13(21)18-15(23)17-11/h1-4,9H,5-8H2,(H2,17,18,21,23). The lowest BCUT2D eigenvalue weighted by atomic mass is 10.2. The number of benzene rings is 1. The Kier molecular flexibility index (Phi) is 3.96. The Morgan fingerprint density at radius 2 is 1.74 bits per heavy atom. The Labute approximate surface area is 130 Å². The lowest BCUT2D eigenvalue weighted by molar-refractivity contribution is 0.0740. The van der Waals surface area contributed by atoms with Crippen molar-refractivity contribution in [2.24, 2.45) is 0 Å². The first kappa shape index (κ1) is 15.0. The number of para-hydroxylation sites is 1. The topological polar surface area (TPSA) is 89.3 Å². The molecule has 8 heteroatoms. The SMILES string of the molecule is O=C(c1cc(=O)[nH]c(=O)[nH]1)N1CCN(c2ccccc2F)CC1. The van der Waals surface area contributed by atoms with E-state index in [1.165, 1.54) is 11.0 Å². The molecule has 1 aromatic carbocycles. The Morgan fingerprint density at radius 1 is 1.04 bits per heavy atom. The maximum atomic E-state index is 13.8. The fraction of sp³-hybridized carbons (Fsp3) is 0.267. The van der Waals surface area contributed by atoms with Crippen molar-refractivity contribution in [3.8, 4) is 0 Å². The molecule has 0 saturated carbocycles. The number of nitrogens with one attached hydrogen (secondary N) is 2. The van der Waals surface area contributed by atoms with Crippen molar-refractivity contribution >= 4 is 11.6 Å². The van der Waals surface area contributed by atoms with Crippen LogP contribution in [-0.4, -0.2) is 47.0 Å². The van der Waals surface area contributed by atoms with Gasteiger partial charge in [0.2, 0.25) is 0 Å². The van der Waals surface area contributed by atoms with Crippen molar-refractivity contribution in [2.75, 3.05) is 31.1 Å². The van der Waals surface area contributed by atoms with Crippen LogP contribution in [0.25, 0.3) is 0 Å². The number of aromatic amines is 2. The van der Waals surface area contributed by atoms with Gasteiger partial charge < -0.3 is 14.8 Å². The lowest BCUT2D eigenvalue weighted by Crippen LogP contribution is -2.49. The first-order valence-corrected chi connectivity index (χ1v) is 7.17. The first-order chi connectivity index (χ1) is 11.0. The minimum absolute atomic E-state index is 0.0434. The molecular formula is C15H15FN4O3. The van der Waals surface area contributed by atoms with Crippen LogP contribution in [0.15, 0.2) is 39.9 Å². The molecule has 0 atom stereocenters. The Balaban J connectivity index is 1.71. The molecule has 0 spiro atoms. The average molecular weight is 318 g/mol. The van der Waals surface area contributed by atoms with Crippen molar-refractivity contribution in [1.82, 2.24) is 14.9 Å². The lowest BCUT2D eigenvalue weighted by Gasteiger charge is -2.36. The van der Waals surface area contributed by atoms with Crippen molar-refractivity contribution in [3.05, 3.63) is 62.7 Å². The van der Waals surface area contributed by atoms with Crippen molar-refractivity contribution in [1.29, 1.82) is 0 Å². The van der Waals surface area contributed by atoms with Crippen LogP contribution < -0.4 is 16.1 Å². The summed E-state index contributed by atoms with van der Waals surface area (Å²) < 4.78 is 13.8. The Bertz CT molecular complexity index is 809. The summed E-state index contributed by atoms with van der Waals surface area (Å²) in [6.07, 6.45) is 0. The Morgan fingerprint density at radius 3 is 2.39 bits per heavy atom. The van der Waals surface area contributed by atoms with Gasteiger partial charge in [0, 0.05) is 32.2 Å². The van der Waals surface area contributed by atoms with Gasteiger partial charge in [-0.1, -0.05) is 12.1 Å². The molecule has 23 heavy (non-hydrogen) atoms. The normalized spacial score (nSPS) is 14.8. The van der Waals surface area contributed by atoms with Gasteiger partial charge in [-0.2, -0.15) is 0 Å². The monoisotopic (exact) mass is 318 g/mol. The number of hydrogen-bond acceptors (Lipinski definition) is 4. The number of carbonyl (C=O) groups is 1. The summed E-state index contributed by atoms with van der Waals surface area (Å²) in [5, 5.41) is 0. The molecule has 2 N–H and O–H groups in total. The van der Waals surface area contributed by atoms with E-state index in [1.54, 1.807) is 18.2 Å². The fourth-order valence-electron chi connectivity index (χ4n) is 2.61. The number of rotatable bonds is 2. The van der Waals surface area contributed by atoms with Gasteiger partial charge in [0.05, 0.1) is 5.69 Å². The number of anilines is 1. The highest BCUT2D eigenvalue weighted by atomic mass is 19.1. The molecule has 0 unspecified atom stereocenters. The van der Waals surface area contributed by atoms with E-state index in [2.05, 4.69) is 4.98 Å². The zero-order valence-corrected chi connectivity index (χ0v) is 12.2.